The third-order valence-corrected chi connectivity index (χ3v) is 4.39. The number of carbonyl (C=O) groups is 1. The van der Waals surface area contributed by atoms with E-state index in [-0.39, 0.29) is 18.3 Å². The van der Waals surface area contributed by atoms with E-state index < -0.39 is 0 Å². The topological polar surface area (TPSA) is 58.8 Å². The quantitative estimate of drug-likeness (QED) is 0.676. The van der Waals surface area contributed by atoms with Gasteiger partial charge in [-0.15, -0.1) is 12.4 Å². The van der Waals surface area contributed by atoms with E-state index in [1.165, 1.54) is 5.56 Å². The summed E-state index contributed by atoms with van der Waals surface area (Å²) in [6, 6.07) is 18.1. The molecule has 27 heavy (non-hydrogen) atoms. The minimum absolute atomic E-state index is 0. The van der Waals surface area contributed by atoms with E-state index >= 15 is 0 Å². The predicted molar refractivity (Wildman–Crippen MR) is 112 cm³/mol. The molecule has 2 N–H and O–H groups in total. The molecule has 0 unspecified atom stereocenters. The zero-order valence-corrected chi connectivity index (χ0v) is 17.0. The second-order valence-electron chi connectivity index (χ2n) is 6.36. The average Bonchev–Trinajstić information content (AvgIpc) is 2.67. The van der Waals surface area contributed by atoms with Gasteiger partial charge in [0, 0.05) is 38.8 Å². The number of nitrogens with two attached hydrogens (primary N) is 1. The molecule has 1 amide bonds. The fourth-order valence-corrected chi connectivity index (χ4v) is 2.87. The maximum Gasteiger partial charge on any atom is 0.236 e. The Kier molecular flexibility index (Phi) is 10.5. The lowest BCUT2D eigenvalue weighted by molar-refractivity contribution is -0.131. The molecule has 0 fully saturated rings. The van der Waals surface area contributed by atoms with Crippen LogP contribution in [0.25, 0.3) is 0 Å². The third kappa shape index (κ3) is 7.59. The van der Waals surface area contributed by atoms with E-state index in [4.69, 9.17) is 10.5 Å². The summed E-state index contributed by atoms with van der Waals surface area (Å²) in [5, 5.41) is 0. The van der Waals surface area contributed by atoms with Crippen molar-refractivity contribution in [3.63, 3.8) is 0 Å². The number of hydrogen-bond acceptors (Lipinski definition) is 4. The maximum absolute atomic E-state index is 12.6. The molecule has 0 saturated heterocycles. The van der Waals surface area contributed by atoms with Crippen molar-refractivity contribution >= 4 is 18.3 Å². The Morgan fingerprint density at radius 1 is 1.04 bits per heavy atom. The number of ether oxygens (including phenoxy) is 1. The van der Waals surface area contributed by atoms with Gasteiger partial charge >= 0.3 is 0 Å². The normalized spacial score (nSPS) is 10.4. The first kappa shape index (κ1) is 23.0. The summed E-state index contributed by atoms with van der Waals surface area (Å²) in [5.41, 5.74) is 8.00. The van der Waals surface area contributed by atoms with Crippen molar-refractivity contribution in [3.05, 3.63) is 65.7 Å². The molecule has 6 heteroatoms. The molecule has 0 heterocycles. The number of likely N-dealkylation sites (N-methyl/N-ethyl adjacent to an activating group) is 1. The van der Waals surface area contributed by atoms with Crippen LogP contribution in [0.15, 0.2) is 54.6 Å². The molecule has 0 spiro atoms. The molecule has 0 saturated carbocycles. The van der Waals surface area contributed by atoms with Crippen molar-refractivity contribution in [3.8, 4) is 5.75 Å². The molecule has 0 radical (unpaired) electrons. The lowest BCUT2D eigenvalue weighted by atomic mass is 10.1. The van der Waals surface area contributed by atoms with Crippen LogP contribution in [0.5, 0.6) is 5.75 Å². The van der Waals surface area contributed by atoms with Gasteiger partial charge in [0.05, 0.1) is 13.7 Å². The number of nitrogens with zero attached hydrogens (tertiary/aromatic N) is 2. The summed E-state index contributed by atoms with van der Waals surface area (Å²) in [6.07, 6.45) is 0.907. The van der Waals surface area contributed by atoms with E-state index in [2.05, 4.69) is 17.0 Å². The molecule has 0 aromatic heterocycles. The second-order valence-corrected chi connectivity index (χ2v) is 6.36. The van der Waals surface area contributed by atoms with Gasteiger partial charge in [-0.25, -0.2) is 0 Å². The van der Waals surface area contributed by atoms with Gasteiger partial charge in [-0.2, -0.15) is 0 Å². The number of rotatable bonds is 10. The molecule has 0 aliphatic heterocycles. The van der Waals surface area contributed by atoms with Gasteiger partial charge in [0.15, 0.2) is 0 Å². The van der Waals surface area contributed by atoms with Crippen molar-refractivity contribution < 1.29 is 9.53 Å². The van der Waals surface area contributed by atoms with Crippen LogP contribution in [0, 0.1) is 0 Å². The summed E-state index contributed by atoms with van der Waals surface area (Å²) in [6.45, 7) is 2.96. The van der Waals surface area contributed by atoms with Crippen LogP contribution in [-0.2, 0) is 17.8 Å². The van der Waals surface area contributed by atoms with E-state index in [1.54, 1.807) is 12.0 Å². The van der Waals surface area contributed by atoms with Gasteiger partial charge in [-0.1, -0.05) is 48.5 Å². The average molecular weight is 392 g/mol. The van der Waals surface area contributed by atoms with Crippen LogP contribution in [0.1, 0.15) is 11.1 Å². The van der Waals surface area contributed by atoms with Crippen LogP contribution in [-0.4, -0.2) is 56.0 Å². The zero-order valence-electron chi connectivity index (χ0n) is 16.1. The predicted octanol–water partition coefficient (Wildman–Crippen LogP) is 2.58. The Bertz CT molecular complexity index is 682. The number of benzene rings is 2. The molecule has 5 nitrogen and oxygen atoms in total. The number of halogens is 1. The van der Waals surface area contributed by atoms with Gasteiger partial charge in [-0.05, 0) is 18.1 Å². The molecule has 148 valence electrons. The molecular weight excluding hydrogens is 362 g/mol. The summed E-state index contributed by atoms with van der Waals surface area (Å²) in [7, 11) is 3.47. The van der Waals surface area contributed by atoms with Gasteiger partial charge < -0.3 is 15.4 Å². The first-order chi connectivity index (χ1) is 12.6. The minimum atomic E-state index is 0. The minimum Gasteiger partial charge on any atom is -0.496 e. The maximum atomic E-state index is 12.6. The SMILES string of the molecule is COc1ccccc1CN(C)C(=O)CN(CCN)CCc1ccccc1.Cl. The first-order valence-corrected chi connectivity index (χ1v) is 8.96. The van der Waals surface area contributed by atoms with Gasteiger partial charge in [-0.3, -0.25) is 9.69 Å². The number of methoxy groups -OCH3 is 1. The van der Waals surface area contributed by atoms with Crippen molar-refractivity contribution in [1.82, 2.24) is 9.80 Å². The van der Waals surface area contributed by atoms with E-state index in [1.807, 2.05) is 49.5 Å². The third-order valence-electron chi connectivity index (χ3n) is 4.39. The van der Waals surface area contributed by atoms with E-state index in [9.17, 15) is 4.79 Å². The lowest BCUT2D eigenvalue weighted by Gasteiger charge is -2.25. The highest BCUT2D eigenvalue weighted by molar-refractivity contribution is 5.85. The van der Waals surface area contributed by atoms with Gasteiger partial charge in [0.25, 0.3) is 0 Å². The van der Waals surface area contributed by atoms with Gasteiger partial charge in [0.2, 0.25) is 5.91 Å². The van der Waals surface area contributed by atoms with Crippen molar-refractivity contribution in [1.29, 1.82) is 0 Å². The van der Waals surface area contributed by atoms with E-state index in [0.717, 1.165) is 24.3 Å². The Morgan fingerprint density at radius 3 is 2.37 bits per heavy atom. The molecule has 0 bridgehead atoms. The van der Waals surface area contributed by atoms with Crippen LogP contribution in [0.3, 0.4) is 0 Å². The number of amides is 1. The van der Waals surface area contributed by atoms with E-state index in [0.29, 0.717) is 26.2 Å². The monoisotopic (exact) mass is 391 g/mol. The molecule has 2 aromatic rings. The van der Waals surface area contributed by atoms with Crippen LogP contribution >= 0.6 is 12.4 Å². The lowest BCUT2D eigenvalue weighted by Crippen LogP contribution is -2.41. The van der Waals surface area contributed by atoms with Gasteiger partial charge in [0.1, 0.15) is 5.75 Å². The Labute approximate surface area is 168 Å². The Balaban J connectivity index is 0.00000364. The number of hydrogen-bond donors (Lipinski definition) is 1. The first-order valence-electron chi connectivity index (χ1n) is 8.96. The molecule has 0 atom stereocenters. The van der Waals surface area contributed by atoms with Crippen LogP contribution in [0.4, 0.5) is 0 Å². The number of para-hydroxylation sites is 1. The Hall–Kier alpha value is -2.08. The largest absolute Gasteiger partial charge is 0.496 e. The zero-order chi connectivity index (χ0) is 18.8. The fourth-order valence-electron chi connectivity index (χ4n) is 2.87. The summed E-state index contributed by atoms with van der Waals surface area (Å²) >= 11 is 0. The highest BCUT2D eigenvalue weighted by Crippen LogP contribution is 2.18. The molecular formula is C21H30ClN3O2. The fraction of sp³-hybridized carbons (Fsp3) is 0.381. The standard InChI is InChI=1S/C21H29N3O2.ClH/c1-23(16-19-10-6-7-11-20(19)26-2)21(25)17-24(15-13-22)14-12-18-8-4-3-5-9-18;/h3-11H,12-17,22H2,1-2H3;1H. The molecule has 0 aliphatic rings. The van der Waals surface area contributed by atoms with Crippen molar-refractivity contribution in [2.24, 2.45) is 5.73 Å². The highest BCUT2D eigenvalue weighted by atomic mass is 35.5. The number of carbonyl (C=O) groups excluding carboxylic acids is 1. The van der Waals surface area contributed by atoms with Crippen LogP contribution < -0.4 is 10.5 Å². The van der Waals surface area contributed by atoms with Crippen LogP contribution in [0.2, 0.25) is 0 Å². The molecule has 2 rings (SSSR count). The summed E-state index contributed by atoms with van der Waals surface area (Å²) in [4.78, 5) is 16.5. The molecule has 0 aliphatic carbocycles. The Morgan fingerprint density at radius 2 is 1.70 bits per heavy atom. The summed E-state index contributed by atoms with van der Waals surface area (Å²) in [5.74, 6) is 0.882. The second kappa shape index (κ2) is 12.3. The molecule has 2 aromatic carbocycles. The van der Waals surface area contributed by atoms with Crippen molar-refractivity contribution in [2.45, 2.75) is 13.0 Å². The van der Waals surface area contributed by atoms with Crippen molar-refractivity contribution in [2.75, 3.05) is 40.3 Å². The smallest absolute Gasteiger partial charge is 0.236 e. The highest BCUT2D eigenvalue weighted by Gasteiger charge is 2.15. The summed E-state index contributed by atoms with van der Waals surface area (Å²) < 4.78 is 5.37.